The van der Waals surface area contributed by atoms with Gasteiger partial charge >= 0.3 is 0 Å². The van der Waals surface area contributed by atoms with E-state index in [1.165, 1.54) is 6.42 Å². The van der Waals surface area contributed by atoms with Crippen LogP contribution < -0.4 is 5.73 Å². The molecule has 0 amide bonds. The maximum atomic E-state index is 5.57. The van der Waals surface area contributed by atoms with Gasteiger partial charge in [0.1, 0.15) is 0 Å². The fraction of sp³-hybridized carbons (Fsp3) is 1.00. The van der Waals surface area contributed by atoms with Gasteiger partial charge in [-0.2, -0.15) is 0 Å². The van der Waals surface area contributed by atoms with Crippen LogP contribution in [0, 0.1) is 0 Å². The molecule has 0 saturated heterocycles. The summed E-state index contributed by atoms with van der Waals surface area (Å²) in [4.78, 5) is 0. The number of ether oxygens (including phenoxy) is 1. The second-order valence-corrected chi connectivity index (χ2v) is 2.67. The molecule has 62 valence electrons. The molecule has 0 saturated carbocycles. The SMILES string of the molecule is CCOCCCCC(C)N. The average molecular weight is 145 g/mol. The number of hydrogen-bond acceptors (Lipinski definition) is 2. The molecular weight excluding hydrogens is 126 g/mol. The van der Waals surface area contributed by atoms with Crippen molar-refractivity contribution in [2.24, 2.45) is 5.73 Å². The Morgan fingerprint density at radius 3 is 2.60 bits per heavy atom. The second kappa shape index (κ2) is 7.03. The molecular formula is C8H19NO. The summed E-state index contributed by atoms with van der Waals surface area (Å²) < 4.78 is 5.17. The van der Waals surface area contributed by atoms with Gasteiger partial charge in [-0.15, -0.1) is 0 Å². The lowest BCUT2D eigenvalue weighted by molar-refractivity contribution is 0.142. The van der Waals surface area contributed by atoms with E-state index in [-0.39, 0.29) is 0 Å². The Balaban J connectivity index is 2.77. The zero-order valence-corrected chi connectivity index (χ0v) is 7.10. The lowest BCUT2D eigenvalue weighted by atomic mass is 10.1. The third kappa shape index (κ3) is 7.92. The van der Waals surface area contributed by atoms with E-state index >= 15 is 0 Å². The van der Waals surface area contributed by atoms with E-state index in [2.05, 4.69) is 0 Å². The molecule has 0 bridgehead atoms. The van der Waals surface area contributed by atoms with E-state index in [4.69, 9.17) is 10.5 Å². The van der Waals surface area contributed by atoms with E-state index < -0.39 is 0 Å². The lowest BCUT2D eigenvalue weighted by Gasteiger charge is -2.03. The number of hydrogen-bond donors (Lipinski definition) is 1. The summed E-state index contributed by atoms with van der Waals surface area (Å²) in [6.45, 7) is 5.79. The van der Waals surface area contributed by atoms with Gasteiger partial charge in [-0.05, 0) is 33.1 Å². The van der Waals surface area contributed by atoms with Crippen LogP contribution in [-0.2, 0) is 4.74 Å². The van der Waals surface area contributed by atoms with Gasteiger partial charge in [0.25, 0.3) is 0 Å². The van der Waals surface area contributed by atoms with Gasteiger partial charge < -0.3 is 10.5 Å². The Hall–Kier alpha value is -0.0800. The Kier molecular flexibility index (Phi) is 6.98. The topological polar surface area (TPSA) is 35.2 Å². The van der Waals surface area contributed by atoms with Crippen molar-refractivity contribution in [1.29, 1.82) is 0 Å². The molecule has 0 aromatic rings. The Labute approximate surface area is 63.7 Å². The Bertz CT molecular complexity index is 64.3. The van der Waals surface area contributed by atoms with Gasteiger partial charge in [0.15, 0.2) is 0 Å². The molecule has 0 aromatic carbocycles. The first kappa shape index (κ1) is 9.92. The number of nitrogens with two attached hydrogens (primary N) is 1. The van der Waals surface area contributed by atoms with E-state index in [0.717, 1.165) is 26.1 Å². The standard InChI is InChI=1S/C8H19NO/c1-3-10-7-5-4-6-8(2)9/h8H,3-7,9H2,1-2H3. The van der Waals surface area contributed by atoms with E-state index in [1.54, 1.807) is 0 Å². The van der Waals surface area contributed by atoms with Crippen LogP contribution in [0.25, 0.3) is 0 Å². The molecule has 0 fully saturated rings. The van der Waals surface area contributed by atoms with Crippen LogP contribution in [0.4, 0.5) is 0 Å². The van der Waals surface area contributed by atoms with Crippen molar-refractivity contribution in [2.45, 2.75) is 39.2 Å². The largest absolute Gasteiger partial charge is 0.382 e. The lowest BCUT2D eigenvalue weighted by Crippen LogP contribution is -2.14. The van der Waals surface area contributed by atoms with Crippen molar-refractivity contribution in [2.75, 3.05) is 13.2 Å². The highest BCUT2D eigenvalue weighted by Gasteiger charge is 1.92. The molecule has 0 aliphatic rings. The molecule has 2 heteroatoms. The molecule has 0 rings (SSSR count). The van der Waals surface area contributed by atoms with Gasteiger partial charge in [0.2, 0.25) is 0 Å². The molecule has 1 unspecified atom stereocenters. The zero-order chi connectivity index (χ0) is 7.82. The third-order valence-electron chi connectivity index (χ3n) is 1.40. The van der Waals surface area contributed by atoms with Gasteiger partial charge in [-0.3, -0.25) is 0 Å². The molecule has 0 aliphatic carbocycles. The first-order chi connectivity index (χ1) is 4.77. The molecule has 2 N–H and O–H groups in total. The summed E-state index contributed by atoms with van der Waals surface area (Å²) in [7, 11) is 0. The minimum Gasteiger partial charge on any atom is -0.382 e. The summed E-state index contributed by atoms with van der Waals surface area (Å²) in [5.41, 5.74) is 5.57. The number of unbranched alkanes of at least 4 members (excludes halogenated alkanes) is 1. The summed E-state index contributed by atoms with van der Waals surface area (Å²) in [5.74, 6) is 0. The smallest absolute Gasteiger partial charge is 0.0465 e. The normalized spacial score (nSPS) is 13.5. The van der Waals surface area contributed by atoms with E-state index in [9.17, 15) is 0 Å². The van der Waals surface area contributed by atoms with Crippen LogP contribution in [0.2, 0.25) is 0 Å². The van der Waals surface area contributed by atoms with Crippen LogP contribution in [-0.4, -0.2) is 19.3 Å². The van der Waals surface area contributed by atoms with Crippen molar-refractivity contribution in [1.82, 2.24) is 0 Å². The van der Waals surface area contributed by atoms with Crippen LogP contribution in [0.5, 0.6) is 0 Å². The fourth-order valence-electron chi connectivity index (χ4n) is 0.815. The highest BCUT2D eigenvalue weighted by atomic mass is 16.5. The van der Waals surface area contributed by atoms with Crippen LogP contribution >= 0.6 is 0 Å². The van der Waals surface area contributed by atoms with E-state index in [0.29, 0.717) is 6.04 Å². The fourth-order valence-corrected chi connectivity index (χ4v) is 0.815. The van der Waals surface area contributed by atoms with Gasteiger partial charge in [-0.1, -0.05) is 0 Å². The summed E-state index contributed by atoms with van der Waals surface area (Å²) in [6, 6.07) is 0.349. The van der Waals surface area contributed by atoms with Crippen molar-refractivity contribution < 1.29 is 4.74 Å². The highest BCUT2D eigenvalue weighted by molar-refractivity contribution is 4.52. The average Bonchev–Trinajstić information content (AvgIpc) is 1.87. The molecule has 0 aromatic heterocycles. The molecule has 0 spiro atoms. The Morgan fingerprint density at radius 1 is 1.40 bits per heavy atom. The highest BCUT2D eigenvalue weighted by Crippen LogP contribution is 1.97. The molecule has 0 heterocycles. The van der Waals surface area contributed by atoms with Crippen molar-refractivity contribution in [3.05, 3.63) is 0 Å². The van der Waals surface area contributed by atoms with Crippen molar-refractivity contribution in [3.8, 4) is 0 Å². The third-order valence-corrected chi connectivity index (χ3v) is 1.40. The Morgan fingerprint density at radius 2 is 2.10 bits per heavy atom. The molecule has 10 heavy (non-hydrogen) atoms. The molecule has 2 nitrogen and oxygen atoms in total. The summed E-state index contributed by atoms with van der Waals surface area (Å²) in [5, 5.41) is 0. The maximum Gasteiger partial charge on any atom is 0.0465 e. The molecule has 0 aliphatic heterocycles. The van der Waals surface area contributed by atoms with Crippen LogP contribution in [0.3, 0.4) is 0 Å². The van der Waals surface area contributed by atoms with Gasteiger partial charge in [0.05, 0.1) is 0 Å². The van der Waals surface area contributed by atoms with Crippen molar-refractivity contribution in [3.63, 3.8) is 0 Å². The number of rotatable bonds is 6. The van der Waals surface area contributed by atoms with Gasteiger partial charge in [0, 0.05) is 19.3 Å². The maximum absolute atomic E-state index is 5.57. The van der Waals surface area contributed by atoms with Crippen molar-refractivity contribution >= 4 is 0 Å². The van der Waals surface area contributed by atoms with Crippen LogP contribution in [0.15, 0.2) is 0 Å². The first-order valence-electron chi connectivity index (χ1n) is 4.10. The van der Waals surface area contributed by atoms with Gasteiger partial charge in [-0.25, -0.2) is 0 Å². The minimum atomic E-state index is 0.349. The summed E-state index contributed by atoms with van der Waals surface area (Å²) in [6.07, 6.45) is 3.46. The second-order valence-electron chi connectivity index (χ2n) is 2.67. The predicted molar refractivity (Wildman–Crippen MR) is 44.0 cm³/mol. The predicted octanol–water partition coefficient (Wildman–Crippen LogP) is 1.54. The summed E-state index contributed by atoms with van der Waals surface area (Å²) >= 11 is 0. The van der Waals surface area contributed by atoms with Crippen LogP contribution in [0.1, 0.15) is 33.1 Å². The molecule has 1 atom stereocenters. The van der Waals surface area contributed by atoms with E-state index in [1.807, 2.05) is 13.8 Å². The molecule has 0 radical (unpaired) electrons. The first-order valence-corrected chi connectivity index (χ1v) is 4.10. The minimum absolute atomic E-state index is 0.349. The monoisotopic (exact) mass is 145 g/mol. The quantitative estimate of drug-likeness (QED) is 0.575. The zero-order valence-electron chi connectivity index (χ0n) is 7.10.